The van der Waals surface area contributed by atoms with Gasteiger partial charge >= 0.3 is 0 Å². The highest BCUT2D eigenvalue weighted by Gasteiger charge is 2.10. The molecule has 5 heteroatoms. The molecule has 4 nitrogen and oxygen atoms in total. The molecule has 0 atom stereocenters. The predicted molar refractivity (Wildman–Crippen MR) is 87.7 cm³/mol. The second-order valence-corrected chi connectivity index (χ2v) is 5.36. The quantitative estimate of drug-likeness (QED) is 0.792. The molecule has 0 aliphatic carbocycles. The minimum Gasteiger partial charge on any atom is -0.322 e. The summed E-state index contributed by atoms with van der Waals surface area (Å²) in [7, 11) is 0. The number of carbonyl (C=O) groups excluding carboxylic acids is 1. The van der Waals surface area contributed by atoms with E-state index in [1.807, 2.05) is 43.3 Å². The number of aromatic nitrogens is 2. The van der Waals surface area contributed by atoms with Crippen molar-refractivity contribution in [1.82, 2.24) is 9.78 Å². The van der Waals surface area contributed by atoms with Crippen LogP contribution in [0.2, 0.25) is 5.02 Å². The van der Waals surface area contributed by atoms with Crippen LogP contribution < -0.4 is 5.32 Å². The zero-order valence-corrected chi connectivity index (χ0v) is 12.7. The summed E-state index contributed by atoms with van der Waals surface area (Å²) in [5.74, 6) is -0.186. The van der Waals surface area contributed by atoms with Crippen molar-refractivity contribution in [2.45, 2.75) is 6.92 Å². The molecular formula is C17H14ClN3O. The van der Waals surface area contributed by atoms with Crippen LogP contribution in [-0.4, -0.2) is 15.7 Å². The number of rotatable bonds is 3. The molecule has 0 bridgehead atoms. The average Bonchev–Trinajstić information content (AvgIpc) is 3.00. The number of aryl methyl sites for hydroxylation is 1. The molecule has 0 fully saturated rings. The second kappa shape index (κ2) is 6.03. The van der Waals surface area contributed by atoms with Crippen LogP contribution in [0.4, 0.5) is 5.69 Å². The molecule has 0 aliphatic heterocycles. The van der Waals surface area contributed by atoms with Crippen LogP contribution in [0.3, 0.4) is 0 Å². The van der Waals surface area contributed by atoms with E-state index in [-0.39, 0.29) is 5.91 Å². The second-order valence-electron chi connectivity index (χ2n) is 4.92. The Morgan fingerprint density at radius 2 is 1.86 bits per heavy atom. The molecule has 22 heavy (non-hydrogen) atoms. The number of halogens is 1. The summed E-state index contributed by atoms with van der Waals surface area (Å²) >= 11 is 5.87. The van der Waals surface area contributed by atoms with E-state index in [0.29, 0.717) is 10.6 Å². The Labute approximate surface area is 133 Å². The largest absolute Gasteiger partial charge is 0.322 e. The molecule has 0 unspecified atom stereocenters. The summed E-state index contributed by atoms with van der Waals surface area (Å²) in [5.41, 5.74) is 3.16. The van der Waals surface area contributed by atoms with Crippen LogP contribution in [0, 0.1) is 6.92 Å². The molecule has 1 amide bonds. The molecular weight excluding hydrogens is 298 g/mol. The highest BCUT2D eigenvalue weighted by molar-refractivity contribution is 6.30. The molecule has 3 aromatic rings. The first-order valence-corrected chi connectivity index (χ1v) is 7.19. The maximum atomic E-state index is 12.3. The van der Waals surface area contributed by atoms with Crippen LogP contribution in [0.15, 0.2) is 60.9 Å². The Bertz CT molecular complexity index is 809. The summed E-state index contributed by atoms with van der Waals surface area (Å²) in [6.07, 6.45) is 3.24. The van der Waals surface area contributed by atoms with Gasteiger partial charge in [-0.1, -0.05) is 29.8 Å². The molecule has 110 valence electrons. The minimum atomic E-state index is -0.186. The third kappa shape index (κ3) is 3.02. The number of anilines is 1. The number of nitrogens with zero attached hydrogens (tertiary/aromatic N) is 2. The van der Waals surface area contributed by atoms with Crippen molar-refractivity contribution in [2.24, 2.45) is 0 Å². The zero-order chi connectivity index (χ0) is 15.5. The first-order valence-electron chi connectivity index (χ1n) is 6.81. The minimum absolute atomic E-state index is 0.186. The van der Waals surface area contributed by atoms with Crippen molar-refractivity contribution in [3.8, 4) is 5.69 Å². The van der Waals surface area contributed by atoms with Crippen molar-refractivity contribution in [3.05, 3.63) is 77.1 Å². The lowest BCUT2D eigenvalue weighted by atomic mass is 10.2. The van der Waals surface area contributed by atoms with E-state index >= 15 is 0 Å². The van der Waals surface area contributed by atoms with Gasteiger partial charge in [0.2, 0.25) is 0 Å². The fraction of sp³-hybridized carbons (Fsp3) is 0.0588. The molecule has 0 spiro atoms. The average molecular weight is 312 g/mol. The van der Waals surface area contributed by atoms with Crippen molar-refractivity contribution in [2.75, 3.05) is 5.32 Å². The van der Waals surface area contributed by atoms with Crippen molar-refractivity contribution in [3.63, 3.8) is 0 Å². The van der Waals surface area contributed by atoms with Crippen LogP contribution in [0.5, 0.6) is 0 Å². The van der Waals surface area contributed by atoms with E-state index in [9.17, 15) is 4.79 Å². The Hall–Kier alpha value is -2.59. The number of hydrogen-bond acceptors (Lipinski definition) is 2. The van der Waals surface area contributed by atoms with Gasteiger partial charge in [-0.15, -0.1) is 0 Å². The summed E-state index contributed by atoms with van der Waals surface area (Å²) in [4.78, 5) is 12.3. The topological polar surface area (TPSA) is 46.9 Å². The molecule has 0 radical (unpaired) electrons. The van der Waals surface area contributed by atoms with Gasteiger partial charge in [-0.3, -0.25) is 4.79 Å². The van der Waals surface area contributed by atoms with Crippen molar-refractivity contribution < 1.29 is 4.79 Å². The van der Waals surface area contributed by atoms with Crippen LogP contribution in [0.25, 0.3) is 5.69 Å². The van der Waals surface area contributed by atoms with Crippen LogP contribution in [0.1, 0.15) is 15.9 Å². The monoisotopic (exact) mass is 311 g/mol. The number of amides is 1. The number of para-hydroxylation sites is 1. The zero-order valence-electron chi connectivity index (χ0n) is 12.0. The first kappa shape index (κ1) is 14.4. The van der Waals surface area contributed by atoms with Gasteiger partial charge in [-0.25, -0.2) is 4.68 Å². The van der Waals surface area contributed by atoms with Crippen LogP contribution >= 0.6 is 11.6 Å². The maximum Gasteiger partial charge on any atom is 0.258 e. The molecule has 3 rings (SSSR count). The van der Waals surface area contributed by atoms with E-state index in [0.717, 1.165) is 16.9 Å². The molecule has 0 saturated heterocycles. The fourth-order valence-corrected chi connectivity index (χ4v) is 2.21. The van der Waals surface area contributed by atoms with E-state index in [4.69, 9.17) is 11.6 Å². The van der Waals surface area contributed by atoms with Crippen LogP contribution in [-0.2, 0) is 0 Å². The number of hydrogen-bond donors (Lipinski definition) is 1. The van der Waals surface area contributed by atoms with E-state index in [1.54, 1.807) is 29.2 Å². The third-order valence-corrected chi connectivity index (χ3v) is 3.58. The van der Waals surface area contributed by atoms with Gasteiger partial charge in [-0.05, 0) is 42.8 Å². The third-order valence-electron chi connectivity index (χ3n) is 3.33. The number of carbonyl (C=O) groups is 1. The Morgan fingerprint density at radius 3 is 2.59 bits per heavy atom. The molecule has 0 saturated carbocycles. The highest BCUT2D eigenvalue weighted by atomic mass is 35.5. The Balaban J connectivity index is 1.80. The Kier molecular flexibility index (Phi) is 3.94. The van der Waals surface area contributed by atoms with Gasteiger partial charge in [-0.2, -0.15) is 5.10 Å². The number of nitrogens with one attached hydrogen (secondary N) is 1. The molecule has 1 aromatic heterocycles. The standard InChI is InChI=1S/C17H14ClN3O/c1-12-4-2-3-5-16(12)20-17(22)13-10-19-21(11-13)15-8-6-14(18)7-9-15/h2-11H,1H3,(H,20,22). The Morgan fingerprint density at radius 1 is 1.14 bits per heavy atom. The first-order chi connectivity index (χ1) is 10.6. The summed E-state index contributed by atoms with van der Waals surface area (Å²) in [6.45, 7) is 1.95. The van der Waals surface area contributed by atoms with E-state index in [1.165, 1.54) is 0 Å². The van der Waals surface area contributed by atoms with Gasteiger partial charge < -0.3 is 5.32 Å². The van der Waals surface area contributed by atoms with Gasteiger partial charge in [0, 0.05) is 16.9 Å². The fourth-order valence-electron chi connectivity index (χ4n) is 2.08. The van der Waals surface area contributed by atoms with E-state index in [2.05, 4.69) is 10.4 Å². The smallest absolute Gasteiger partial charge is 0.258 e. The van der Waals surface area contributed by atoms with Gasteiger partial charge in [0.25, 0.3) is 5.91 Å². The number of benzene rings is 2. The van der Waals surface area contributed by atoms with E-state index < -0.39 is 0 Å². The summed E-state index contributed by atoms with van der Waals surface area (Å²) in [5, 5.41) is 7.76. The highest BCUT2D eigenvalue weighted by Crippen LogP contribution is 2.16. The van der Waals surface area contributed by atoms with Gasteiger partial charge in [0.1, 0.15) is 0 Å². The molecule has 2 aromatic carbocycles. The molecule has 0 aliphatic rings. The summed E-state index contributed by atoms with van der Waals surface area (Å²) < 4.78 is 1.64. The van der Waals surface area contributed by atoms with Gasteiger partial charge in [0.05, 0.1) is 17.4 Å². The summed E-state index contributed by atoms with van der Waals surface area (Å²) in [6, 6.07) is 14.9. The normalized spacial score (nSPS) is 10.5. The van der Waals surface area contributed by atoms with Crippen molar-refractivity contribution >= 4 is 23.2 Å². The predicted octanol–water partition coefficient (Wildman–Crippen LogP) is 4.09. The SMILES string of the molecule is Cc1ccccc1NC(=O)c1cnn(-c2ccc(Cl)cc2)c1. The lowest BCUT2D eigenvalue weighted by Crippen LogP contribution is -2.11. The molecule has 1 heterocycles. The lowest BCUT2D eigenvalue weighted by molar-refractivity contribution is 0.102. The maximum absolute atomic E-state index is 12.3. The van der Waals surface area contributed by atoms with Gasteiger partial charge in [0.15, 0.2) is 0 Å². The van der Waals surface area contributed by atoms with Crippen molar-refractivity contribution in [1.29, 1.82) is 0 Å². The molecule has 1 N–H and O–H groups in total. The lowest BCUT2D eigenvalue weighted by Gasteiger charge is -2.06.